The van der Waals surface area contributed by atoms with E-state index in [0.29, 0.717) is 5.56 Å². The molecular weight excluding hydrogens is 460 g/mol. The molecule has 0 amide bonds. The number of ether oxygens (including phenoxy) is 1. The van der Waals surface area contributed by atoms with Crippen molar-refractivity contribution in [2.45, 2.75) is 57.8 Å². The molecule has 0 bridgehead atoms. The molecule has 4 rings (SSSR count). The van der Waals surface area contributed by atoms with E-state index in [2.05, 4.69) is 72.2 Å². The van der Waals surface area contributed by atoms with Gasteiger partial charge in [0.2, 0.25) is 0 Å². The Morgan fingerprint density at radius 3 is 2.19 bits per heavy atom. The summed E-state index contributed by atoms with van der Waals surface area (Å²) in [4.78, 5) is 12.5. The minimum absolute atomic E-state index is 0.0365. The van der Waals surface area contributed by atoms with E-state index in [1.54, 1.807) is 0 Å². The first kappa shape index (κ1) is 22.8. The molecule has 0 aliphatic heterocycles. The van der Waals surface area contributed by atoms with E-state index >= 15 is 0 Å². The van der Waals surface area contributed by atoms with Crippen molar-refractivity contribution in [1.82, 2.24) is 0 Å². The summed E-state index contributed by atoms with van der Waals surface area (Å²) < 4.78 is 5.95. The molecule has 3 aromatic rings. The number of carbonyl (C=O) groups is 1. The summed E-state index contributed by atoms with van der Waals surface area (Å²) in [6.45, 7) is 4.55. The second-order valence-electron chi connectivity index (χ2n) is 8.78. The van der Waals surface area contributed by atoms with E-state index in [1.165, 1.54) is 55.0 Å². The zero-order valence-electron chi connectivity index (χ0n) is 19.2. The molecule has 0 spiro atoms. The molecule has 0 atom stereocenters. The molecule has 1 aliphatic carbocycles. The first-order valence-electron chi connectivity index (χ1n) is 11.7. The van der Waals surface area contributed by atoms with E-state index in [-0.39, 0.29) is 11.4 Å². The lowest BCUT2D eigenvalue weighted by atomic mass is 9.70. The van der Waals surface area contributed by atoms with Crippen molar-refractivity contribution < 1.29 is 9.53 Å². The Labute approximate surface area is 200 Å². The third-order valence-electron chi connectivity index (χ3n) is 6.88. The Bertz CT molecular complexity index is 1120. The van der Waals surface area contributed by atoms with Crippen LogP contribution >= 0.6 is 15.9 Å². The van der Waals surface area contributed by atoms with Crippen LogP contribution in [-0.4, -0.2) is 13.1 Å². The molecule has 32 heavy (non-hydrogen) atoms. The summed E-state index contributed by atoms with van der Waals surface area (Å²) in [6.07, 6.45) is 7.08. The number of fused-ring (bicyclic) bond motifs is 3. The van der Waals surface area contributed by atoms with E-state index in [0.717, 1.165) is 28.4 Å². The van der Waals surface area contributed by atoms with Gasteiger partial charge >= 0.3 is 5.97 Å². The number of carbonyl (C=O) groups excluding carboxylic acids is 1. The molecule has 0 unspecified atom stereocenters. The maximum atomic E-state index is 12.5. The van der Waals surface area contributed by atoms with Gasteiger partial charge in [0.25, 0.3) is 0 Å². The van der Waals surface area contributed by atoms with Crippen LogP contribution in [0.3, 0.4) is 0 Å². The van der Waals surface area contributed by atoms with Gasteiger partial charge in [-0.05, 0) is 64.4 Å². The van der Waals surface area contributed by atoms with Gasteiger partial charge in [-0.2, -0.15) is 0 Å². The Kier molecular flexibility index (Phi) is 6.85. The first-order valence-corrected chi connectivity index (χ1v) is 12.5. The molecule has 0 radical (unpaired) electrons. The number of benzene rings is 3. The van der Waals surface area contributed by atoms with Gasteiger partial charge in [0.05, 0.1) is 12.7 Å². The number of hydrogen-bond acceptors (Lipinski definition) is 2. The lowest BCUT2D eigenvalue weighted by Gasteiger charge is -2.33. The molecule has 1 aliphatic rings. The van der Waals surface area contributed by atoms with Crippen LogP contribution in [-0.2, 0) is 10.2 Å². The minimum atomic E-state index is -0.312. The van der Waals surface area contributed by atoms with Gasteiger partial charge in [0.1, 0.15) is 0 Å². The smallest absolute Gasteiger partial charge is 0.338 e. The largest absolute Gasteiger partial charge is 0.465 e. The number of esters is 1. The fourth-order valence-corrected chi connectivity index (χ4v) is 5.65. The number of halogens is 1. The summed E-state index contributed by atoms with van der Waals surface area (Å²) in [5.41, 5.74) is 8.20. The minimum Gasteiger partial charge on any atom is -0.465 e. The van der Waals surface area contributed by atoms with Crippen LogP contribution in [0.5, 0.6) is 0 Å². The summed E-state index contributed by atoms with van der Waals surface area (Å²) in [5.74, 6) is -0.312. The highest BCUT2D eigenvalue weighted by atomic mass is 79.9. The average molecular weight is 491 g/mol. The van der Waals surface area contributed by atoms with Gasteiger partial charge in [-0.15, -0.1) is 0 Å². The Morgan fingerprint density at radius 1 is 0.844 bits per heavy atom. The van der Waals surface area contributed by atoms with E-state index in [4.69, 9.17) is 4.74 Å². The third kappa shape index (κ3) is 3.92. The Morgan fingerprint density at radius 2 is 1.50 bits per heavy atom. The summed E-state index contributed by atoms with van der Waals surface area (Å²) >= 11 is 3.50. The number of rotatable bonds is 8. The molecule has 0 fully saturated rings. The highest BCUT2D eigenvalue weighted by molar-refractivity contribution is 9.10. The van der Waals surface area contributed by atoms with Crippen molar-refractivity contribution in [3.8, 4) is 22.3 Å². The number of methoxy groups -OCH3 is 1. The molecule has 0 saturated heterocycles. The van der Waals surface area contributed by atoms with Crippen molar-refractivity contribution in [3.05, 3.63) is 81.8 Å². The predicted molar refractivity (Wildman–Crippen MR) is 136 cm³/mol. The normalized spacial score (nSPS) is 13.5. The monoisotopic (exact) mass is 490 g/mol. The van der Waals surface area contributed by atoms with Gasteiger partial charge in [0.15, 0.2) is 0 Å². The summed E-state index contributed by atoms with van der Waals surface area (Å²) in [5, 5.41) is 0. The zero-order valence-corrected chi connectivity index (χ0v) is 20.8. The average Bonchev–Trinajstić information content (AvgIpc) is 3.10. The topological polar surface area (TPSA) is 26.3 Å². The highest BCUT2D eigenvalue weighted by Gasteiger charge is 2.42. The molecule has 166 valence electrons. The van der Waals surface area contributed by atoms with Gasteiger partial charge < -0.3 is 4.74 Å². The number of unbranched alkanes of at least 4 members (excludes halogenated alkanes) is 2. The molecule has 2 nitrogen and oxygen atoms in total. The summed E-state index contributed by atoms with van der Waals surface area (Å²) in [7, 11) is 1.44. The zero-order chi connectivity index (χ0) is 22.7. The standard InChI is InChI=1S/C29H31BrO2/c1-4-6-16-29(17-7-5-2)26-11-9-8-10-23(26)24-14-12-20(18-27(24)29)22-15-13-21(30)19-25(22)28(31)32-3/h8-15,18-19H,4-7,16-17H2,1-3H3. The lowest BCUT2D eigenvalue weighted by molar-refractivity contribution is 0.0601. The summed E-state index contributed by atoms with van der Waals surface area (Å²) in [6, 6.07) is 21.5. The van der Waals surface area contributed by atoms with Crippen molar-refractivity contribution in [3.63, 3.8) is 0 Å². The highest BCUT2D eigenvalue weighted by Crippen LogP contribution is 2.54. The van der Waals surface area contributed by atoms with E-state index < -0.39 is 0 Å². The van der Waals surface area contributed by atoms with Crippen LogP contribution in [0.2, 0.25) is 0 Å². The van der Waals surface area contributed by atoms with E-state index in [1.807, 2.05) is 18.2 Å². The second-order valence-corrected chi connectivity index (χ2v) is 9.69. The predicted octanol–water partition coefficient (Wildman–Crippen LogP) is 8.55. The third-order valence-corrected chi connectivity index (χ3v) is 7.37. The SMILES string of the molecule is CCCCC1(CCCC)c2ccccc2-c2ccc(-c3ccc(Br)cc3C(=O)OC)cc21. The van der Waals surface area contributed by atoms with Crippen LogP contribution in [0.1, 0.15) is 73.9 Å². The van der Waals surface area contributed by atoms with Crippen LogP contribution in [0.15, 0.2) is 65.1 Å². The van der Waals surface area contributed by atoms with Crippen molar-refractivity contribution >= 4 is 21.9 Å². The van der Waals surface area contributed by atoms with Gasteiger partial charge in [-0.3, -0.25) is 0 Å². The quantitative estimate of drug-likeness (QED) is 0.295. The fraction of sp³-hybridized carbons (Fsp3) is 0.345. The number of hydrogen-bond donors (Lipinski definition) is 0. The molecule has 0 aromatic heterocycles. The Balaban J connectivity index is 1.93. The fourth-order valence-electron chi connectivity index (χ4n) is 5.29. The first-order chi connectivity index (χ1) is 15.6. The van der Waals surface area contributed by atoms with Gasteiger partial charge in [-0.25, -0.2) is 4.79 Å². The van der Waals surface area contributed by atoms with Crippen LogP contribution in [0.4, 0.5) is 0 Å². The van der Waals surface area contributed by atoms with Crippen molar-refractivity contribution in [1.29, 1.82) is 0 Å². The van der Waals surface area contributed by atoms with Crippen molar-refractivity contribution in [2.75, 3.05) is 7.11 Å². The molecule has 0 heterocycles. The van der Waals surface area contributed by atoms with Crippen molar-refractivity contribution in [2.24, 2.45) is 0 Å². The van der Waals surface area contributed by atoms with Crippen LogP contribution < -0.4 is 0 Å². The molecule has 0 N–H and O–H groups in total. The molecule has 3 aromatic carbocycles. The molecule has 3 heteroatoms. The Hall–Kier alpha value is -2.39. The maximum absolute atomic E-state index is 12.5. The van der Waals surface area contributed by atoms with Gasteiger partial charge in [0, 0.05) is 9.89 Å². The maximum Gasteiger partial charge on any atom is 0.338 e. The lowest BCUT2D eigenvalue weighted by Crippen LogP contribution is -2.25. The van der Waals surface area contributed by atoms with Gasteiger partial charge in [-0.1, -0.05) is 97.9 Å². The second kappa shape index (κ2) is 9.62. The van der Waals surface area contributed by atoms with Crippen LogP contribution in [0.25, 0.3) is 22.3 Å². The molecular formula is C29H31BrO2. The molecule has 0 saturated carbocycles. The van der Waals surface area contributed by atoms with E-state index in [9.17, 15) is 4.79 Å². The van der Waals surface area contributed by atoms with Crippen LogP contribution in [0, 0.1) is 0 Å².